The molecule has 0 radical (unpaired) electrons. The van der Waals surface area contributed by atoms with Crippen molar-refractivity contribution in [1.82, 2.24) is 5.32 Å². The van der Waals surface area contributed by atoms with Crippen LogP contribution < -0.4 is 11.1 Å². The second kappa shape index (κ2) is 6.27. The van der Waals surface area contributed by atoms with Gasteiger partial charge in [-0.2, -0.15) is 0 Å². The number of hydrogen-bond donors (Lipinski definition) is 3. The van der Waals surface area contributed by atoms with E-state index in [9.17, 15) is 4.79 Å². The molecule has 0 unspecified atom stereocenters. The van der Waals surface area contributed by atoms with Crippen LogP contribution in [0.15, 0.2) is 5.16 Å². The standard InChI is InChI=1S/C10H21N3O2/c1-4-5-6-7-8(14)12-10(2,3)9(11)13-15/h15H,4-7H2,1-3H3,(H2,11,13)(H,12,14). The number of oxime groups is 1. The molecule has 0 aliphatic carbocycles. The number of nitrogens with one attached hydrogen (secondary N) is 1. The van der Waals surface area contributed by atoms with Crippen molar-refractivity contribution in [3.8, 4) is 0 Å². The van der Waals surface area contributed by atoms with Crippen molar-refractivity contribution in [2.45, 2.75) is 52.0 Å². The van der Waals surface area contributed by atoms with Gasteiger partial charge in [0.25, 0.3) is 0 Å². The smallest absolute Gasteiger partial charge is 0.220 e. The molecule has 15 heavy (non-hydrogen) atoms. The first-order valence-corrected chi connectivity index (χ1v) is 5.23. The van der Waals surface area contributed by atoms with Crippen LogP contribution in [0.3, 0.4) is 0 Å². The molecule has 1 amide bonds. The van der Waals surface area contributed by atoms with E-state index in [-0.39, 0.29) is 11.7 Å². The van der Waals surface area contributed by atoms with Gasteiger partial charge in [-0.25, -0.2) is 0 Å². The van der Waals surface area contributed by atoms with Crippen molar-refractivity contribution in [3.05, 3.63) is 0 Å². The summed E-state index contributed by atoms with van der Waals surface area (Å²) in [5, 5.41) is 14.1. The summed E-state index contributed by atoms with van der Waals surface area (Å²) in [5.74, 6) is -0.0635. The summed E-state index contributed by atoms with van der Waals surface area (Å²) < 4.78 is 0. The van der Waals surface area contributed by atoms with E-state index in [0.717, 1.165) is 19.3 Å². The zero-order valence-electron chi connectivity index (χ0n) is 9.71. The van der Waals surface area contributed by atoms with Crippen LogP contribution in [0.1, 0.15) is 46.5 Å². The lowest BCUT2D eigenvalue weighted by molar-refractivity contribution is -0.122. The van der Waals surface area contributed by atoms with Gasteiger partial charge < -0.3 is 16.3 Å². The molecule has 0 bridgehead atoms. The highest BCUT2D eigenvalue weighted by molar-refractivity contribution is 5.93. The molecular weight excluding hydrogens is 194 g/mol. The first-order chi connectivity index (χ1) is 6.94. The molecule has 0 saturated heterocycles. The molecule has 0 aromatic heterocycles. The number of carbonyl (C=O) groups excluding carboxylic acids is 1. The molecule has 0 aromatic carbocycles. The molecule has 0 fully saturated rings. The Bertz CT molecular complexity index is 237. The van der Waals surface area contributed by atoms with Crippen LogP contribution in [0.25, 0.3) is 0 Å². The fourth-order valence-corrected chi connectivity index (χ4v) is 1.14. The van der Waals surface area contributed by atoms with Gasteiger partial charge in [0.1, 0.15) is 0 Å². The van der Waals surface area contributed by atoms with E-state index in [4.69, 9.17) is 10.9 Å². The Kier molecular flexibility index (Phi) is 5.74. The normalized spacial score (nSPS) is 12.6. The van der Waals surface area contributed by atoms with E-state index in [1.54, 1.807) is 13.8 Å². The van der Waals surface area contributed by atoms with Crippen molar-refractivity contribution < 1.29 is 10.0 Å². The van der Waals surface area contributed by atoms with E-state index < -0.39 is 5.54 Å². The third-order valence-corrected chi connectivity index (χ3v) is 2.21. The molecule has 0 saturated carbocycles. The lowest BCUT2D eigenvalue weighted by atomic mass is 10.0. The molecule has 0 aliphatic heterocycles. The SMILES string of the molecule is CCCCCC(=O)NC(C)(C)/C(N)=N/O. The predicted octanol–water partition coefficient (Wildman–Crippen LogP) is 1.21. The molecule has 0 heterocycles. The Labute approximate surface area is 90.7 Å². The van der Waals surface area contributed by atoms with Crippen LogP contribution in [-0.4, -0.2) is 22.5 Å². The van der Waals surface area contributed by atoms with Crippen LogP contribution in [-0.2, 0) is 4.79 Å². The van der Waals surface area contributed by atoms with Crippen molar-refractivity contribution in [2.24, 2.45) is 10.9 Å². The fourth-order valence-electron chi connectivity index (χ4n) is 1.14. The summed E-state index contributed by atoms with van der Waals surface area (Å²) in [4.78, 5) is 11.5. The molecule has 0 atom stereocenters. The van der Waals surface area contributed by atoms with E-state index in [2.05, 4.69) is 17.4 Å². The second-order valence-electron chi connectivity index (χ2n) is 4.12. The summed E-state index contributed by atoms with van der Waals surface area (Å²) in [6.07, 6.45) is 3.47. The highest BCUT2D eigenvalue weighted by Crippen LogP contribution is 2.05. The minimum absolute atomic E-state index is 0.00587. The van der Waals surface area contributed by atoms with Gasteiger partial charge in [-0.15, -0.1) is 0 Å². The summed E-state index contributed by atoms with van der Waals surface area (Å²) in [7, 11) is 0. The van der Waals surface area contributed by atoms with Crippen LogP contribution >= 0.6 is 0 Å². The molecule has 88 valence electrons. The minimum Gasteiger partial charge on any atom is -0.409 e. The Morgan fingerprint density at radius 3 is 2.53 bits per heavy atom. The summed E-state index contributed by atoms with van der Waals surface area (Å²) in [6, 6.07) is 0. The topological polar surface area (TPSA) is 87.7 Å². The third-order valence-electron chi connectivity index (χ3n) is 2.21. The third kappa shape index (κ3) is 5.24. The lowest BCUT2D eigenvalue weighted by Gasteiger charge is -2.24. The molecule has 0 aliphatic rings. The molecule has 0 spiro atoms. The maximum atomic E-state index is 11.5. The molecule has 0 aromatic rings. The highest BCUT2D eigenvalue weighted by atomic mass is 16.4. The van der Waals surface area contributed by atoms with Crippen LogP contribution in [0.4, 0.5) is 0 Å². The van der Waals surface area contributed by atoms with Gasteiger partial charge in [-0.1, -0.05) is 24.9 Å². The number of amides is 1. The summed E-state index contributed by atoms with van der Waals surface area (Å²) in [5.41, 5.74) is 4.65. The van der Waals surface area contributed by atoms with E-state index >= 15 is 0 Å². The number of rotatable bonds is 6. The number of unbranched alkanes of at least 4 members (excludes halogenated alkanes) is 2. The van der Waals surface area contributed by atoms with Gasteiger partial charge in [-0.3, -0.25) is 4.79 Å². The quantitative estimate of drug-likeness (QED) is 0.204. The van der Waals surface area contributed by atoms with E-state index in [0.29, 0.717) is 6.42 Å². The van der Waals surface area contributed by atoms with Crippen molar-refractivity contribution in [1.29, 1.82) is 0 Å². The average Bonchev–Trinajstić information content (AvgIpc) is 2.16. The van der Waals surface area contributed by atoms with Gasteiger partial charge in [0.2, 0.25) is 5.91 Å². The average molecular weight is 215 g/mol. The zero-order chi connectivity index (χ0) is 11.9. The fraction of sp³-hybridized carbons (Fsp3) is 0.800. The minimum atomic E-state index is -0.794. The number of nitrogens with zero attached hydrogens (tertiary/aromatic N) is 1. The van der Waals surface area contributed by atoms with E-state index in [1.165, 1.54) is 0 Å². The monoisotopic (exact) mass is 215 g/mol. The number of hydrogen-bond acceptors (Lipinski definition) is 3. The van der Waals surface area contributed by atoms with Crippen molar-refractivity contribution >= 4 is 11.7 Å². The van der Waals surface area contributed by atoms with Crippen LogP contribution in [0, 0.1) is 0 Å². The number of amidine groups is 1. The summed E-state index contributed by atoms with van der Waals surface area (Å²) >= 11 is 0. The van der Waals surface area contributed by atoms with Crippen molar-refractivity contribution in [2.75, 3.05) is 0 Å². The van der Waals surface area contributed by atoms with Gasteiger partial charge in [-0.05, 0) is 20.3 Å². The number of carbonyl (C=O) groups is 1. The van der Waals surface area contributed by atoms with Crippen LogP contribution in [0.5, 0.6) is 0 Å². The maximum Gasteiger partial charge on any atom is 0.220 e. The summed E-state index contributed by atoms with van der Waals surface area (Å²) in [6.45, 7) is 5.47. The first kappa shape index (κ1) is 13.7. The van der Waals surface area contributed by atoms with E-state index in [1.807, 2.05) is 0 Å². The second-order valence-corrected chi connectivity index (χ2v) is 4.12. The first-order valence-electron chi connectivity index (χ1n) is 5.23. The Hall–Kier alpha value is -1.26. The Balaban J connectivity index is 4.05. The van der Waals surface area contributed by atoms with Gasteiger partial charge >= 0.3 is 0 Å². The van der Waals surface area contributed by atoms with Crippen LogP contribution in [0.2, 0.25) is 0 Å². The highest BCUT2D eigenvalue weighted by Gasteiger charge is 2.25. The van der Waals surface area contributed by atoms with Crippen molar-refractivity contribution in [3.63, 3.8) is 0 Å². The van der Waals surface area contributed by atoms with Gasteiger partial charge in [0.05, 0.1) is 5.54 Å². The molecule has 0 rings (SSSR count). The number of nitrogens with two attached hydrogens (primary N) is 1. The lowest BCUT2D eigenvalue weighted by Crippen LogP contribution is -2.53. The molecule has 5 nitrogen and oxygen atoms in total. The maximum absolute atomic E-state index is 11.5. The Morgan fingerprint density at radius 1 is 1.47 bits per heavy atom. The molecule has 5 heteroatoms. The predicted molar refractivity (Wildman–Crippen MR) is 59.8 cm³/mol. The largest absolute Gasteiger partial charge is 0.409 e. The molecular formula is C10H21N3O2. The van der Waals surface area contributed by atoms with Gasteiger partial charge in [0, 0.05) is 6.42 Å². The zero-order valence-corrected chi connectivity index (χ0v) is 9.71. The Morgan fingerprint density at radius 2 is 2.07 bits per heavy atom. The molecule has 4 N–H and O–H groups in total. The van der Waals surface area contributed by atoms with Gasteiger partial charge in [0.15, 0.2) is 5.84 Å².